The van der Waals surface area contributed by atoms with Gasteiger partial charge < -0.3 is 5.73 Å². The molecule has 28 heavy (non-hydrogen) atoms. The van der Waals surface area contributed by atoms with Gasteiger partial charge >= 0.3 is 0 Å². The summed E-state index contributed by atoms with van der Waals surface area (Å²) in [7, 11) is 0. The molecule has 0 bridgehead atoms. The number of benzene rings is 3. The van der Waals surface area contributed by atoms with E-state index in [1.54, 1.807) is 0 Å². The number of nitrogens with two attached hydrogens (primary N) is 1. The second kappa shape index (κ2) is 9.16. The highest BCUT2D eigenvalue weighted by Crippen LogP contribution is 2.33. The van der Waals surface area contributed by atoms with Crippen LogP contribution in [0, 0.1) is 0 Å². The predicted octanol–water partition coefficient (Wildman–Crippen LogP) is 4.25. The maximum atomic E-state index is 6.81. The second-order valence-corrected chi connectivity index (χ2v) is 7.59. The maximum Gasteiger partial charge on any atom is 0.0542 e. The molecule has 4 rings (SSSR count). The highest BCUT2D eigenvalue weighted by Gasteiger charge is 2.30. The zero-order chi connectivity index (χ0) is 19.2. The summed E-state index contributed by atoms with van der Waals surface area (Å²) in [5, 5.41) is 0. The number of hydrogen-bond acceptors (Lipinski definition) is 3. The number of piperazine rings is 1. The van der Waals surface area contributed by atoms with Crippen LogP contribution in [0.2, 0.25) is 0 Å². The Morgan fingerprint density at radius 2 is 1.14 bits per heavy atom. The summed E-state index contributed by atoms with van der Waals surface area (Å²) in [6, 6.07) is 32.1. The van der Waals surface area contributed by atoms with Gasteiger partial charge in [0.25, 0.3) is 0 Å². The molecule has 3 aromatic carbocycles. The van der Waals surface area contributed by atoms with Crippen LogP contribution in [0.25, 0.3) is 0 Å². The highest BCUT2D eigenvalue weighted by atomic mass is 15.3. The van der Waals surface area contributed by atoms with Crippen LogP contribution in [0.1, 0.15) is 28.8 Å². The average Bonchev–Trinajstić information content (AvgIpc) is 2.77. The van der Waals surface area contributed by atoms with Gasteiger partial charge in [-0.1, -0.05) is 91.0 Å². The average molecular weight is 372 g/mol. The van der Waals surface area contributed by atoms with Crippen LogP contribution in [-0.2, 0) is 6.54 Å². The van der Waals surface area contributed by atoms with Gasteiger partial charge in [0.2, 0.25) is 0 Å². The highest BCUT2D eigenvalue weighted by molar-refractivity contribution is 5.27. The minimum Gasteiger partial charge on any atom is -0.322 e. The van der Waals surface area contributed by atoms with E-state index >= 15 is 0 Å². The zero-order valence-corrected chi connectivity index (χ0v) is 16.3. The molecule has 0 radical (unpaired) electrons. The summed E-state index contributed by atoms with van der Waals surface area (Å²) in [5.74, 6) is 0. The first-order chi connectivity index (χ1) is 13.8. The number of hydrogen-bond donors (Lipinski definition) is 1. The first-order valence-electron chi connectivity index (χ1n) is 10.2. The second-order valence-electron chi connectivity index (χ2n) is 7.59. The minimum atomic E-state index is -0.0377. The van der Waals surface area contributed by atoms with Crippen molar-refractivity contribution in [2.75, 3.05) is 26.2 Å². The van der Waals surface area contributed by atoms with Gasteiger partial charge in [0, 0.05) is 38.8 Å². The van der Waals surface area contributed by atoms with Crippen molar-refractivity contribution in [2.45, 2.75) is 18.6 Å². The van der Waals surface area contributed by atoms with Crippen LogP contribution in [0.15, 0.2) is 91.0 Å². The van der Waals surface area contributed by atoms with E-state index in [1.165, 1.54) is 16.7 Å². The van der Waals surface area contributed by atoms with Crippen LogP contribution in [0.5, 0.6) is 0 Å². The van der Waals surface area contributed by atoms with Gasteiger partial charge in [0.1, 0.15) is 0 Å². The normalized spacial score (nSPS) is 17.9. The molecule has 144 valence electrons. The summed E-state index contributed by atoms with van der Waals surface area (Å²) in [4.78, 5) is 5.11. The molecule has 1 heterocycles. The van der Waals surface area contributed by atoms with Crippen LogP contribution in [0.3, 0.4) is 0 Å². The van der Waals surface area contributed by atoms with Crippen molar-refractivity contribution < 1.29 is 0 Å². The third-order valence-electron chi connectivity index (χ3n) is 5.72. The van der Waals surface area contributed by atoms with Crippen molar-refractivity contribution in [3.05, 3.63) is 108 Å². The van der Waals surface area contributed by atoms with Crippen LogP contribution in [0.4, 0.5) is 0 Å². The number of rotatable bonds is 6. The monoisotopic (exact) mass is 371 g/mol. The molecule has 1 fully saturated rings. The fraction of sp³-hybridized carbons (Fsp3) is 0.280. The lowest BCUT2D eigenvalue weighted by Crippen LogP contribution is -2.49. The van der Waals surface area contributed by atoms with Crippen LogP contribution < -0.4 is 5.73 Å². The van der Waals surface area contributed by atoms with E-state index in [9.17, 15) is 0 Å². The molecule has 0 aromatic heterocycles. The SMILES string of the molecule is N[C@@H](c1ccccc1)[C@@H](c1ccccc1)N1CCN(Cc2ccccc2)CC1. The molecule has 0 aliphatic carbocycles. The van der Waals surface area contributed by atoms with Gasteiger partial charge in [-0.15, -0.1) is 0 Å². The van der Waals surface area contributed by atoms with Crippen molar-refractivity contribution in [1.82, 2.24) is 9.80 Å². The van der Waals surface area contributed by atoms with E-state index in [2.05, 4.69) is 101 Å². The summed E-state index contributed by atoms with van der Waals surface area (Å²) in [6.45, 7) is 5.23. The van der Waals surface area contributed by atoms with E-state index in [0.717, 1.165) is 32.7 Å². The molecular formula is C25H29N3. The Hall–Kier alpha value is -2.46. The van der Waals surface area contributed by atoms with Gasteiger partial charge in [0.15, 0.2) is 0 Å². The van der Waals surface area contributed by atoms with Crippen LogP contribution in [-0.4, -0.2) is 36.0 Å². The quantitative estimate of drug-likeness (QED) is 0.703. The first kappa shape index (κ1) is 18.9. The molecule has 0 unspecified atom stereocenters. The Morgan fingerprint density at radius 3 is 1.71 bits per heavy atom. The Balaban J connectivity index is 1.48. The molecule has 3 heteroatoms. The number of nitrogens with zero attached hydrogens (tertiary/aromatic N) is 2. The lowest BCUT2D eigenvalue weighted by molar-refractivity contribution is 0.0803. The predicted molar refractivity (Wildman–Crippen MR) is 116 cm³/mol. The Labute approximate surface area is 168 Å². The Morgan fingerprint density at radius 1 is 0.643 bits per heavy atom. The topological polar surface area (TPSA) is 32.5 Å². The van der Waals surface area contributed by atoms with E-state index in [0.29, 0.717) is 0 Å². The van der Waals surface area contributed by atoms with Gasteiger partial charge in [-0.2, -0.15) is 0 Å². The summed E-state index contributed by atoms with van der Waals surface area (Å²) < 4.78 is 0. The summed E-state index contributed by atoms with van der Waals surface area (Å²) in [6.07, 6.45) is 0. The van der Waals surface area contributed by atoms with Crippen molar-refractivity contribution in [3.63, 3.8) is 0 Å². The van der Waals surface area contributed by atoms with Gasteiger partial charge in [-0.3, -0.25) is 9.80 Å². The summed E-state index contributed by atoms with van der Waals surface area (Å²) >= 11 is 0. The Bertz CT molecular complexity index is 827. The molecule has 2 N–H and O–H groups in total. The van der Waals surface area contributed by atoms with E-state index in [1.807, 2.05) is 0 Å². The molecule has 0 spiro atoms. The van der Waals surface area contributed by atoms with Gasteiger partial charge in [-0.05, 0) is 16.7 Å². The fourth-order valence-electron chi connectivity index (χ4n) is 4.19. The van der Waals surface area contributed by atoms with Crippen molar-refractivity contribution in [2.24, 2.45) is 5.73 Å². The molecule has 1 saturated heterocycles. The van der Waals surface area contributed by atoms with Crippen molar-refractivity contribution in [1.29, 1.82) is 0 Å². The lowest BCUT2D eigenvalue weighted by Gasteiger charge is -2.42. The Kier molecular flexibility index (Phi) is 6.17. The molecule has 0 amide bonds. The van der Waals surface area contributed by atoms with Crippen molar-refractivity contribution >= 4 is 0 Å². The van der Waals surface area contributed by atoms with E-state index in [-0.39, 0.29) is 12.1 Å². The van der Waals surface area contributed by atoms with E-state index in [4.69, 9.17) is 5.73 Å². The van der Waals surface area contributed by atoms with Gasteiger partial charge in [0.05, 0.1) is 6.04 Å². The standard InChI is InChI=1S/C25H29N3/c26-24(22-12-6-2-7-13-22)25(23-14-8-3-9-15-23)28-18-16-27(17-19-28)20-21-10-4-1-5-11-21/h1-15,24-25H,16-20,26H2/t24-,25+/m0/s1. The maximum absolute atomic E-state index is 6.81. The smallest absolute Gasteiger partial charge is 0.0542 e. The largest absolute Gasteiger partial charge is 0.322 e. The first-order valence-corrected chi connectivity index (χ1v) is 10.2. The summed E-state index contributed by atoms with van der Waals surface area (Å²) in [5.41, 5.74) is 10.7. The minimum absolute atomic E-state index is 0.0377. The molecule has 3 aromatic rings. The molecular weight excluding hydrogens is 342 g/mol. The molecule has 3 nitrogen and oxygen atoms in total. The van der Waals surface area contributed by atoms with Gasteiger partial charge in [-0.25, -0.2) is 0 Å². The molecule has 1 aliphatic heterocycles. The molecule has 1 aliphatic rings. The third-order valence-corrected chi connectivity index (χ3v) is 5.72. The third kappa shape index (κ3) is 4.50. The molecule has 2 atom stereocenters. The van der Waals surface area contributed by atoms with E-state index < -0.39 is 0 Å². The fourth-order valence-corrected chi connectivity index (χ4v) is 4.19. The zero-order valence-electron chi connectivity index (χ0n) is 16.3. The lowest BCUT2D eigenvalue weighted by atomic mass is 9.92. The van der Waals surface area contributed by atoms with Crippen molar-refractivity contribution in [3.8, 4) is 0 Å². The van der Waals surface area contributed by atoms with Crippen LogP contribution >= 0.6 is 0 Å². The molecule has 0 saturated carbocycles.